The van der Waals surface area contributed by atoms with Crippen molar-refractivity contribution < 1.29 is 14.7 Å². The number of aryl methyl sites for hydroxylation is 1. The second-order valence-corrected chi connectivity index (χ2v) is 4.82. The monoisotopic (exact) mass is 250 g/mol. The Morgan fingerprint density at radius 2 is 1.94 bits per heavy atom. The highest BCUT2D eigenvalue weighted by molar-refractivity contribution is 6.39. The molecule has 0 aromatic heterocycles. The van der Waals surface area contributed by atoms with Crippen LogP contribution in [0.1, 0.15) is 19.4 Å². The van der Waals surface area contributed by atoms with Gasteiger partial charge < -0.3 is 15.7 Å². The molecule has 1 rings (SSSR count). The third-order valence-corrected chi connectivity index (χ3v) is 2.33. The molecule has 0 fully saturated rings. The van der Waals surface area contributed by atoms with Crippen LogP contribution in [0.5, 0.6) is 0 Å². The molecule has 5 heteroatoms. The average Bonchev–Trinajstić information content (AvgIpc) is 2.28. The van der Waals surface area contributed by atoms with Crippen LogP contribution in [0.4, 0.5) is 5.69 Å². The zero-order chi connectivity index (χ0) is 13.8. The van der Waals surface area contributed by atoms with Gasteiger partial charge in [-0.3, -0.25) is 9.59 Å². The lowest BCUT2D eigenvalue weighted by Gasteiger charge is -2.22. The van der Waals surface area contributed by atoms with E-state index in [1.165, 1.54) is 0 Å². The molecule has 18 heavy (non-hydrogen) atoms. The van der Waals surface area contributed by atoms with Crippen LogP contribution < -0.4 is 10.6 Å². The SMILES string of the molecule is Cc1cccc(NC(=O)C(=O)NC(C)(C)CO)c1. The van der Waals surface area contributed by atoms with Crippen molar-refractivity contribution in [1.82, 2.24) is 5.32 Å². The summed E-state index contributed by atoms with van der Waals surface area (Å²) in [5, 5.41) is 13.9. The predicted octanol–water partition coefficient (Wildman–Crippen LogP) is 0.821. The van der Waals surface area contributed by atoms with E-state index in [2.05, 4.69) is 10.6 Å². The molecule has 0 unspecified atom stereocenters. The first-order chi connectivity index (χ1) is 8.34. The smallest absolute Gasteiger partial charge is 0.313 e. The fourth-order valence-corrected chi connectivity index (χ4v) is 1.31. The lowest BCUT2D eigenvalue weighted by molar-refractivity contribution is -0.137. The van der Waals surface area contributed by atoms with Crippen molar-refractivity contribution in [2.24, 2.45) is 0 Å². The summed E-state index contributed by atoms with van der Waals surface area (Å²) in [6.45, 7) is 4.91. The maximum atomic E-state index is 11.6. The summed E-state index contributed by atoms with van der Waals surface area (Å²) in [5.74, 6) is -1.52. The fraction of sp³-hybridized carbons (Fsp3) is 0.385. The van der Waals surface area contributed by atoms with Crippen molar-refractivity contribution in [3.63, 3.8) is 0 Å². The number of amides is 2. The standard InChI is InChI=1S/C13H18N2O3/c1-9-5-4-6-10(7-9)14-11(17)12(18)15-13(2,3)8-16/h4-7,16H,8H2,1-3H3,(H,14,17)(H,15,18). The summed E-state index contributed by atoms with van der Waals surface area (Å²) >= 11 is 0. The van der Waals surface area contributed by atoms with Crippen LogP contribution in [0, 0.1) is 6.92 Å². The van der Waals surface area contributed by atoms with Crippen LogP contribution in [0.2, 0.25) is 0 Å². The summed E-state index contributed by atoms with van der Waals surface area (Å²) in [5.41, 5.74) is 0.738. The molecule has 0 spiro atoms. The first-order valence-electron chi connectivity index (χ1n) is 5.65. The van der Waals surface area contributed by atoms with Crippen LogP contribution in [-0.4, -0.2) is 29.1 Å². The Labute approximate surface area is 106 Å². The van der Waals surface area contributed by atoms with Gasteiger partial charge in [-0.25, -0.2) is 0 Å². The Morgan fingerprint density at radius 3 is 2.50 bits per heavy atom. The van der Waals surface area contributed by atoms with Gasteiger partial charge in [-0.05, 0) is 38.5 Å². The molecule has 0 heterocycles. The molecule has 0 radical (unpaired) electrons. The van der Waals surface area contributed by atoms with Crippen LogP contribution >= 0.6 is 0 Å². The van der Waals surface area contributed by atoms with E-state index in [4.69, 9.17) is 5.11 Å². The molecular formula is C13H18N2O3. The maximum Gasteiger partial charge on any atom is 0.313 e. The van der Waals surface area contributed by atoms with E-state index in [0.29, 0.717) is 5.69 Å². The number of aliphatic hydroxyl groups is 1. The van der Waals surface area contributed by atoms with Crippen LogP contribution in [0.25, 0.3) is 0 Å². The summed E-state index contributed by atoms with van der Waals surface area (Å²) in [6, 6.07) is 7.16. The Kier molecular flexibility index (Phi) is 4.44. The number of benzene rings is 1. The summed E-state index contributed by atoms with van der Waals surface area (Å²) < 4.78 is 0. The quantitative estimate of drug-likeness (QED) is 0.695. The van der Waals surface area contributed by atoms with Gasteiger partial charge in [-0.15, -0.1) is 0 Å². The molecule has 98 valence electrons. The maximum absolute atomic E-state index is 11.6. The van der Waals surface area contributed by atoms with E-state index in [1.807, 2.05) is 13.0 Å². The van der Waals surface area contributed by atoms with Crippen LogP contribution in [0.3, 0.4) is 0 Å². The Balaban J connectivity index is 2.63. The highest BCUT2D eigenvalue weighted by Gasteiger charge is 2.23. The van der Waals surface area contributed by atoms with Gasteiger partial charge in [0.15, 0.2) is 0 Å². The Bertz CT molecular complexity index is 455. The minimum absolute atomic E-state index is 0.240. The molecule has 0 saturated carbocycles. The number of hydrogen-bond acceptors (Lipinski definition) is 3. The normalized spacial score (nSPS) is 10.9. The number of rotatable bonds is 3. The van der Waals surface area contributed by atoms with Gasteiger partial charge in [-0.2, -0.15) is 0 Å². The van der Waals surface area contributed by atoms with Crippen molar-refractivity contribution in [2.75, 3.05) is 11.9 Å². The summed E-state index contributed by atoms with van der Waals surface area (Å²) in [6.07, 6.45) is 0. The topological polar surface area (TPSA) is 78.4 Å². The molecule has 0 saturated heterocycles. The molecule has 3 N–H and O–H groups in total. The van der Waals surface area contributed by atoms with Crippen molar-refractivity contribution in [3.05, 3.63) is 29.8 Å². The Hall–Kier alpha value is -1.88. The zero-order valence-corrected chi connectivity index (χ0v) is 10.8. The van der Waals surface area contributed by atoms with Gasteiger partial charge in [0.25, 0.3) is 0 Å². The average molecular weight is 250 g/mol. The van der Waals surface area contributed by atoms with Gasteiger partial charge in [0.1, 0.15) is 0 Å². The zero-order valence-electron chi connectivity index (χ0n) is 10.8. The summed E-state index contributed by atoms with van der Waals surface area (Å²) in [4.78, 5) is 23.2. The number of aliphatic hydroxyl groups excluding tert-OH is 1. The molecule has 1 aromatic carbocycles. The molecule has 2 amide bonds. The fourth-order valence-electron chi connectivity index (χ4n) is 1.31. The van der Waals surface area contributed by atoms with Gasteiger partial charge in [0.05, 0.1) is 12.1 Å². The molecule has 0 aliphatic carbocycles. The highest BCUT2D eigenvalue weighted by Crippen LogP contribution is 2.09. The van der Waals surface area contributed by atoms with Crippen molar-refractivity contribution in [2.45, 2.75) is 26.3 Å². The molecule has 0 bridgehead atoms. The van der Waals surface area contributed by atoms with Crippen LogP contribution in [-0.2, 0) is 9.59 Å². The molecule has 1 aromatic rings. The number of nitrogens with one attached hydrogen (secondary N) is 2. The van der Waals surface area contributed by atoms with Crippen LogP contribution in [0.15, 0.2) is 24.3 Å². The van der Waals surface area contributed by atoms with E-state index in [0.717, 1.165) is 5.56 Å². The molecule has 0 atom stereocenters. The van der Waals surface area contributed by atoms with E-state index < -0.39 is 17.4 Å². The van der Waals surface area contributed by atoms with E-state index >= 15 is 0 Å². The first kappa shape index (κ1) is 14.2. The van der Waals surface area contributed by atoms with E-state index in [1.54, 1.807) is 32.0 Å². The number of carbonyl (C=O) groups is 2. The lowest BCUT2D eigenvalue weighted by atomic mass is 10.1. The number of carbonyl (C=O) groups excluding carboxylic acids is 2. The van der Waals surface area contributed by atoms with Crippen molar-refractivity contribution >= 4 is 17.5 Å². The highest BCUT2D eigenvalue weighted by atomic mass is 16.3. The van der Waals surface area contributed by atoms with Crippen molar-refractivity contribution in [1.29, 1.82) is 0 Å². The molecular weight excluding hydrogens is 232 g/mol. The second-order valence-electron chi connectivity index (χ2n) is 4.82. The van der Waals surface area contributed by atoms with E-state index in [9.17, 15) is 9.59 Å². The third kappa shape index (κ3) is 4.18. The number of anilines is 1. The van der Waals surface area contributed by atoms with Gasteiger partial charge in [0.2, 0.25) is 0 Å². The molecule has 0 aliphatic rings. The number of hydrogen-bond donors (Lipinski definition) is 3. The van der Waals surface area contributed by atoms with Gasteiger partial charge in [0, 0.05) is 5.69 Å². The van der Waals surface area contributed by atoms with Crippen molar-refractivity contribution in [3.8, 4) is 0 Å². The minimum Gasteiger partial charge on any atom is -0.394 e. The van der Waals surface area contributed by atoms with Gasteiger partial charge in [-0.1, -0.05) is 12.1 Å². The molecule has 5 nitrogen and oxygen atoms in total. The van der Waals surface area contributed by atoms with E-state index in [-0.39, 0.29) is 6.61 Å². The lowest BCUT2D eigenvalue weighted by Crippen LogP contribution is -2.50. The first-order valence-corrected chi connectivity index (χ1v) is 5.65. The summed E-state index contributed by atoms with van der Waals surface area (Å²) in [7, 11) is 0. The van der Waals surface area contributed by atoms with Gasteiger partial charge >= 0.3 is 11.8 Å². The third-order valence-electron chi connectivity index (χ3n) is 2.33. The predicted molar refractivity (Wildman–Crippen MR) is 69.1 cm³/mol. The molecule has 0 aliphatic heterocycles. The Morgan fingerprint density at radius 1 is 1.28 bits per heavy atom. The largest absolute Gasteiger partial charge is 0.394 e. The second kappa shape index (κ2) is 5.64. The minimum atomic E-state index is -0.818.